The van der Waals surface area contributed by atoms with Crippen LogP contribution in [0.1, 0.15) is 28.6 Å². The fourth-order valence-electron chi connectivity index (χ4n) is 1.39. The van der Waals surface area contributed by atoms with Crippen molar-refractivity contribution in [1.82, 2.24) is 0 Å². The SMILES string of the molecule is CCc1cc(C(=O)O)c(NC(=O)CCOCC(F)F)s1. The summed E-state index contributed by atoms with van der Waals surface area (Å²) >= 11 is 1.19. The molecule has 20 heavy (non-hydrogen) atoms. The van der Waals surface area contributed by atoms with Crippen molar-refractivity contribution in [3.8, 4) is 0 Å². The van der Waals surface area contributed by atoms with E-state index in [0.29, 0.717) is 6.42 Å². The van der Waals surface area contributed by atoms with E-state index in [2.05, 4.69) is 10.1 Å². The van der Waals surface area contributed by atoms with Gasteiger partial charge in [0.05, 0.1) is 18.6 Å². The first-order chi connectivity index (χ1) is 9.43. The predicted octanol–water partition coefficient (Wildman–Crippen LogP) is 2.62. The van der Waals surface area contributed by atoms with Crippen molar-refractivity contribution in [2.24, 2.45) is 0 Å². The lowest BCUT2D eigenvalue weighted by Gasteiger charge is -2.05. The van der Waals surface area contributed by atoms with E-state index in [0.717, 1.165) is 4.88 Å². The third-order valence-electron chi connectivity index (χ3n) is 2.33. The van der Waals surface area contributed by atoms with Gasteiger partial charge in [0.25, 0.3) is 6.43 Å². The second kappa shape index (κ2) is 7.91. The maximum absolute atomic E-state index is 11.8. The van der Waals surface area contributed by atoms with Crippen LogP contribution in [0.25, 0.3) is 0 Å². The Morgan fingerprint density at radius 3 is 2.75 bits per heavy atom. The van der Waals surface area contributed by atoms with Crippen LogP contribution in [0, 0.1) is 0 Å². The quantitative estimate of drug-likeness (QED) is 0.724. The Morgan fingerprint density at radius 1 is 1.50 bits per heavy atom. The molecule has 0 aliphatic carbocycles. The lowest BCUT2D eigenvalue weighted by molar-refractivity contribution is -0.117. The van der Waals surface area contributed by atoms with Gasteiger partial charge in [-0.3, -0.25) is 4.79 Å². The molecule has 1 rings (SSSR count). The van der Waals surface area contributed by atoms with E-state index >= 15 is 0 Å². The smallest absolute Gasteiger partial charge is 0.338 e. The van der Waals surface area contributed by atoms with Gasteiger partial charge in [0.15, 0.2) is 0 Å². The average Bonchev–Trinajstić information content (AvgIpc) is 2.77. The maximum atomic E-state index is 11.8. The molecular formula is C12H15F2NO4S. The van der Waals surface area contributed by atoms with Crippen molar-refractivity contribution in [2.75, 3.05) is 18.5 Å². The summed E-state index contributed by atoms with van der Waals surface area (Å²) in [5.41, 5.74) is 0.0358. The highest BCUT2D eigenvalue weighted by Gasteiger charge is 2.16. The number of hydrogen-bond donors (Lipinski definition) is 2. The zero-order chi connectivity index (χ0) is 15.1. The standard InChI is InChI=1S/C12H15F2NO4S/c1-2-7-5-8(12(17)18)11(20-7)15-10(16)3-4-19-6-9(13)14/h5,9H,2-4,6H2,1H3,(H,15,16)(H,17,18). The predicted molar refractivity (Wildman–Crippen MR) is 70.7 cm³/mol. The molecule has 1 aromatic rings. The second-order valence-corrected chi connectivity index (χ2v) is 5.02. The van der Waals surface area contributed by atoms with Crippen molar-refractivity contribution < 1.29 is 28.2 Å². The molecule has 0 aliphatic rings. The number of carboxylic acids is 1. The lowest BCUT2D eigenvalue weighted by Crippen LogP contribution is -2.16. The summed E-state index contributed by atoms with van der Waals surface area (Å²) < 4.78 is 28.2. The summed E-state index contributed by atoms with van der Waals surface area (Å²) in [7, 11) is 0. The fourth-order valence-corrected chi connectivity index (χ4v) is 2.40. The Balaban J connectivity index is 2.53. The van der Waals surface area contributed by atoms with Crippen molar-refractivity contribution in [2.45, 2.75) is 26.2 Å². The van der Waals surface area contributed by atoms with Crippen LogP contribution in [-0.2, 0) is 16.0 Å². The number of hydrogen-bond acceptors (Lipinski definition) is 4. The lowest BCUT2D eigenvalue weighted by atomic mass is 10.2. The highest BCUT2D eigenvalue weighted by molar-refractivity contribution is 7.16. The molecule has 8 heteroatoms. The maximum Gasteiger partial charge on any atom is 0.338 e. The molecule has 0 saturated heterocycles. The van der Waals surface area contributed by atoms with E-state index in [1.807, 2.05) is 6.92 Å². The monoisotopic (exact) mass is 307 g/mol. The van der Waals surface area contributed by atoms with E-state index in [1.54, 1.807) is 0 Å². The van der Waals surface area contributed by atoms with Gasteiger partial charge in [0.2, 0.25) is 5.91 Å². The number of amides is 1. The van der Waals surface area contributed by atoms with E-state index in [4.69, 9.17) is 5.11 Å². The number of carbonyl (C=O) groups is 2. The fraction of sp³-hybridized carbons (Fsp3) is 0.500. The average molecular weight is 307 g/mol. The Labute approximate surface area is 118 Å². The van der Waals surface area contributed by atoms with Gasteiger partial charge in [-0.1, -0.05) is 6.92 Å². The van der Waals surface area contributed by atoms with E-state index in [-0.39, 0.29) is 23.6 Å². The molecule has 112 valence electrons. The highest BCUT2D eigenvalue weighted by atomic mass is 32.1. The van der Waals surface area contributed by atoms with Gasteiger partial charge in [-0.15, -0.1) is 11.3 Å². The molecule has 1 heterocycles. The summed E-state index contributed by atoms with van der Waals surface area (Å²) in [4.78, 5) is 23.4. The van der Waals surface area contributed by atoms with Crippen LogP contribution >= 0.6 is 11.3 Å². The van der Waals surface area contributed by atoms with Gasteiger partial charge in [0.1, 0.15) is 11.6 Å². The van der Waals surface area contributed by atoms with Crippen LogP contribution in [0.2, 0.25) is 0 Å². The molecule has 0 atom stereocenters. The molecule has 0 bridgehead atoms. The first-order valence-corrected chi connectivity index (χ1v) is 6.77. The Hall–Kier alpha value is -1.54. The number of anilines is 1. The third-order valence-corrected chi connectivity index (χ3v) is 3.53. The van der Waals surface area contributed by atoms with Gasteiger partial charge >= 0.3 is 5.97 Å². The van der Waals surface area contributed by atoms with Crippen LogP contribution in [0.3, 0.4) is 0 Å². The summed E-state index contributed by atoms with van der Waals surface area (Å²) in [5, 5.41) is 11.7. The van der Waals surface area contributed by atoms with Gasteiger partial charge in [-0.2, -0.15) is 0 Å². The molecule has 0 radical (unpaired) electrons. The van der Waals surface area contributed by atoms with Crippen molar-refractivity contribution in [1.29, 1.82) is 0 Å². The van der Waals surface area contributed by atoms with Gasteiger partial charge in [0, 0.05) is 4.88 Å². The first-order valence-electron chi connectivity index (χ1n) is 5.95. The Kier molecular flexibility index (Phi) is 6.53. The van der Waals surface area contributed by atoms with Crippen LogP contribution in [0.5, 0.6) is 0 Å². The van der Waals surface area contributed by atoms with Gasteiger partial charge in [-0.25, -0.2) is 13.6 Å². The summed E-state index contributed by atoms with van der Waals surface area (Å²) in [6.07, 6.45) is -2.01. The minimum absolute atomic E-state index is 0.0358. The Bertz CT molecular complexity index is 476. The van der Waals surface area contributed by atoms with Crippen molar-refractivity contribution in [3.63, 3.8) is 0 Å². The van der Waals surface area contributed by atoms with E-state index < -0.39 is 24.9 Å². The number of alkyl halides is 2. The van der Waals surface area contributed by atoms with Gasteiger partial charge in [-0.05, 0) is 12.5 Å². The zero-order valence-electron chi connectivity index (χ0n) is 10.8. The number of aromatic carboxylic acids is 1. The molecule has 0 fully saturated rings. The first kappa shape index (κ1) is 16.5. The van der Waals surface area contributed by atoms with Crippen LogP contribution in [-0.4, -0.2) is 36.6 Å². The van der Waals surface area contributed by atoms with Gasteiger partial charge < -0.3 is 15.2 Å². The molecule has 2 N–H and O–H groups in total. The molecule has 0 aliphatic heterocycles. The number of halogens is 2. The normalized spacial score (nSPS) is 10.8. The summed E-state index contributed by atoms with van der Waals surface area (Å²) in [6, 6.07) is 1.51. The molecular weight excluding hydrogens is 292 g/mol. The number of carboxylic acid groups (broad SMARTS) is 1. The molecule has 1 amide bonds. The molecule has 0 spiro atoms. The molecule has 1 aromatic heterocycles. The third kappa shape index (κ3) is 5.22. The summed E-state index contributed by atoms with van der Waals surface area (Å²) in [5.74, 6) is -1.59. The molecule has 0 unspecified atom stereocenters. The number of carbonyl (C=O) groups excluding carboxylic acids is 1. The summed E-state index contributed by atoms with van der Waals surface area (Å²) in [6.45, 7) is 1.03. The van der Waals surface area contributed by atoms with E-state index in [1.165, 1.54) is 17.4 Å². The van der Waals surface area contributed by atoms with Crippen LogP contribution in [0.15, 0.2) is 6.07 Å². The zero-order valence-corrected chi connectivity index (χ0v) is 11.6. The van der Waals surface area contributed by atoms with Crippen LogP contribution in [0.4, 0.5) is 13.8 Å². The second-order valence-electron chi connectivity index (χ2n) is 3.88. The Morgan fingerprint density at radius 2 is 2.20 bits per heavy atom. The largest absolute Gasteiger partial charge is 0.478 e. The number of rotatable bonds is 8. The highest BCUT2D eigenvalue weighted by Crippen LogP contribution is 2.28. The number of aryl methyl sites for hydroxylation is 1. The number of thiophene rings is 1. The number of ether oxygens (including phenoxy) is 1. The number of nitrogens with one attached hydrogen (secondary N) is 1. The van der Waals surface area contributed by atoms with Crippen molar-refractivity contribution in [3.05, 3.63) is 16.5 Å². The van der Waals surface area contributed by atoms with Crippen LogP contribution < -0.4 is 5.32 Å². The molecule has 0 aromatic carbocycles. The van der Waals surface area contributed by atoms with Crippen molar-refractivity contribution >= 4 is 28.2 Å². The minimum Gasteiger partial charge on any atom is -0.478 e. The minimum atomic E-state index is -2.57. The topological polar surface area (TPSA) is 75.6 Å². The molecule has 0 saturated carbocycles. The molecule has 5 nitrogen and oxygen atoms in total. The van der Waals surface area contributed by atoms with E-state index in [9.17, 15) is 18.4 Å².